The van der Waals surface area contributed by atoms with E-state index in [4.69, 9.17) is 9.92 Å². The standard InChI is InChI=1S/C31H29N3O7S2/c1-34(2)28-9-4-8-26-25(28)7-5-11-30(26)43(39,40)41-23-15-12-20(13-16-23)18-27(31(35)36)33-42(37,38)29-10-3-6-21-19-22(32)14-17-24(21)29/h3-17,19,27,33H,18,32H2,1-2H3,(H,35,36). The van der Waals surface area contributed by atoms with E-state index in [0.29, 0.717) is 27.4 Å². The summed E-state index contributed by atoms with van der Waals surface area (Å²) in [6.07, 6.45) is -0.198. The molecule has 0 aliphatic carbocycles. The molecule has 0 bridgehead atoms. The van der Waals surface area contributed by atoms with Crippen molar-refractivity contribution >= 4 is 59.0 Å². The summed E-state index contributed by atoms with van der Waals surface area (Å²) >= 11 is 0. The highest BCUT2D eigenvalue weighted by atomic mass is 32.2. The molecule has 10 nitrogen and oxygen atoms in total. The second kappa shape index (κ2) is 11.6. The maximum atomic E-state index is 13.3. The number of aliphatic carboxylic acids is 1. The maximum Gasteiger partial charge on any atom is 0.339 e. The third kappa shape index (κ3) is 6.26. The Morgan fingerprint density at radius 3 is 2.19 bits per heavy atom. The molecule has 5 aromatic rings. The fourth-order valence-corrected chi connectivity index (χ4v) is 7.46. The molecule has 43 heavy (non-hydrogen) atoms. The number of nitrogens with one attached hydrogen (secondary N) is 1. The van der Waals surface area contributed by atoms with Crippen molar-refractivity contribution in [3.05, 3.63) is 103 Å². The van der Waals surface area contributed by atoms with Crippen molar-refractivity contribution in [3.63, 3.8) is 0 Å². The number of carboxylic acids is 1. The van der Waals surface area contributed by atoms with E-state index in [-0.39, 0.29) is 22.0 Å². The quantitative estimate of drug-likeness (QED) is 0.152. The van der Waals surface area contributed by atoms with Crippen molar-refractivity contribution in [1.29, 1.82) is 0 Å². The number of fused-ring (bicyclic) bond motifs is 2. The average Bonchev–Trinajstić information content (AvgIpc) is 2.96. The van der Waals surface area contributed by atoms with Gasteiger partial charge in [0.2, 0.25) is 10.0 Å². The molecular weight excluding hydrogens is 590 g/mol. The molecule has 5 aromatic carbocycles. The molecule has 222 valence electrons. The molecule has 0 spiro atoms. The minimum atomic E-state index is -4.23. The molecule has 12 heteroatoms. The number of hydrogen-bond acceptors (Lipinski definition) is 8. The van der Waals surface area contributed by atoms with Gasteiger partial charge in [-0.15, -0.1) is 0 Å². The summed E-state index contributed by atoms with van der Waals surface area (Å²) in [5, 5.41) is 12.1. The Labute approximate surface area is 249 Å². The minimum Gasteiger partial charge on any atom is -0.480 e. The third-order valence-corrected chi connectivity index (χ3v) is 9.77. The first kappa shape index (κ1) is 29.8. The first-order valence-corrected chi connectivity index (χ1v) is 16.0. The lowest BCUT2D eigenvalue weighted by atomic mass is 10.1. The lowest BCUT2D eigenvalue weighted by molar-refractivity contribution is -0.138. The van der Waals surface area contributed by atoms with E-state index >= 15 is 0 Å². The van der Waals surface area contributed by atoms with Gasteiger partial charge in [0.15, 0.2) is 0 Å². The topological polar surface area (TPSA) is 156 Å². The summed E-state index contributed by atoms with van der Waals surface area (Å²) in [6.45, 7) is 0. The van der Waals surface area contributed by atoms with Crippen LogP contribution in [0.3, 0.4) is 0 Å². The van der Waals surface area contributed by atoms with Gasteiger partial charge in [-0.25, -0.2) is 8.42 Å². The maximum absolute atomic E-state index is 13.3. The van der Waals surface area contributed by atoms with Gasteiger partial charge in [-0.2, -0.15) is 13.1 Å². The first-order chi connectivity index (χ1) is 20.4. The van der Waals surface area contributed by atoms with Crippen molar-refractivity contribution in [3.8, 4) is 5.75 Å². The van der Waals surface area contributed by atoms with Crippen LogP contribution < -0.4 is 19.5 Å². The van der Waals surface area contributed by atoms with Crippen LogP contribution in [0.5, 0.6) is 5.75 Å². The van der Waals surface area contributed by atoms with Crippen LogP contribution in [0.1, 0.15) is 5.56 Å². The summed E-state index contributed by atoms with van der Waals surface area (Å²) < 4.78 is 60.7. The zero-order chi connectivity index (χ0) is 30.9. The Balaban J connectivity index is 1.35. The highest BCUT2D eigenvalue weighted by Crippen LogP contribution is 2.32. The fraction of sp³-hybridized carbons (Fsp3) is 0.129. The molecule has 1 unspecified atom stereocenters. The van der Waals surface area contributed by atoms with E-state index in [1.807, 2.05) is 31.1 Å². The molecule has 0 aliphatic rings. The van der Waals surface area contributed by atoms with E-state index in [1.54, 1.807) is 48.5 Å². The minimum absolute atomic E-state index is 0.00856. The Hall–Kier alpha value is -4.65. The molecule has 0 amide bonds. The number of sulfonamides is 1. The van der Waals surface area contributed by atoms with Gasteiger partial charge in [0.05, 0.1) is 4.90 Å². The number of anilines is 2. The SMILES string of the molecule is CN(C)c1cccc2c(S(=O)(=O)Oc3ccc(CC(NS(=O)(=O)c4cccc5cc(N)ccc45)C(=O)O)cc3)cccc12. The summed E-state index contributed by atoms with van der Waals surface area (Å²) in [4.78, 5) is 13.9. The van der Waals surface area contributed by atoms with E-state index in [2.05, 4.69) is 4.72 Å². The molecule has 0 aromatic heterocycles. The number of nitrogen functional groups attached to an aromatic ring is 1. The molecule has 0 aliphatic heterocycles. The number of benzene rings is 5. The number of carbonyl (C=O) groups is 1. The van der Waals surface area contributed by atoms with Crippen molar-refractivity contribution in [1.82, 2.24) is 4.72 Å². The van der Waals surface area contributed by atoms with Gasteiger partial charge in [-0.3, -0.25) is 4.79 Å². The molecule has 0 saturated carbocycles. The highest BCUT2D eigenvalue weighted by Gasteiger charge is 2.27. The Morgan fingerprint density at radius 1 is 0.837 bits per heavy atom. The van der Waals surface area contributed by atoms with Crippen LogP contribution >= 0.6 is 0 Å². The molecule has 1 atom stereocenters. The molecule has 0 fully saturated rings. The number of hydrogen-bond donors (Lipinski definition) is 3. The van der Waals surface area contributed by atoms with Gasteiger partial charge in [-0.05, 0) is 59.8 Å². The fourth-order valence-electron chi connectivity index (χ4n) is 4.90. The molecule has 4 N–H and O–H groups in total. The van der Waals surface area contributed by atoms with Crippen LogP contribution in [0.4, 0.5) is 11.4 Å². The van der Waals surface area contributed by atoms with E-state index < -0.39 is 32.2 Å². The average molecular weight is 620 g/mol. The number of nitrogens with two attached hydrogens (primary N) is 1. The normalized spacial score (nSPS) is 12.7. The van der Waals surface area contributed by atoms with E-state index in [9.17, 15) is 26.7 Å². The molecule has 0 saturated heterocycles. The number of nitrogens with zero attached hydrogens (tertiary/aromatic N) is 1. The zero-order valence-corrected chi connectivity index (χ0v) is 24.9. The molecular formula is C31H29N3O7S2. The van der Waals surface area contributed by atoms with Gasteiger partial charge in [0.25, 0.3) is 0 Å². The Morgan fingerprint density at radius 2 is 1.49 bits per heavy atom. The first-order valence-electron chi connectivity index (χ1n) is 13.1. The Kier molecular flexibility index (Phi) is 8.02. The van der Waals surface area contributed by atoms with E-state index in [1.165, 1.54) is 36.4 Å². The van der Waals surface area contributed by atoms with Gasteiger partial charge >= 0.3 is 16.1 Å². The lowest BCUT2D eigenvalue weighted by Crippen LogP contribution is -2.42. The van der Waals surface area contributed by atoms with Crippen LogP contribution in [0.2, 0.25) is 0 Å². The van der Waals surface area contributed by atoms with Gasteiger partial charge < -0.3 is 19.9 Å². The summed E-state index contributed by atoms with van der Waals surface area (Å²) in [6, 6.07) is 24.0. The lowest BCUT2D eigenvalue weighted by Gasteiger charge is -2.17. The number of carboxylic acid groups (broad SMARTS) is 1. The molecule has 0 radical (unpaired) electrons. The van der Waals surface area contributed by atoms with Gasteiger partial charge in [0.1, 0.15) is 16.7 Å². The highest BCUT2D eigenvalue weighted by molar-refractivity contribution is 7.89. The zero-order valence-electron chi connectivity index (χ0n) is 23.3. The van der Waals surface area contributed by atoms with Crippen LogP contribution in [-0.2, 0) is 31.4 Å². The smallest absolute Gasteiger partial charge is 0.339 e. The van der Waals surface area contributed by atoms with Gasteiger partial charge in [0, 0.05) is 41.6 Å². The van der Waals surface area contributed by atoms with Crippen molar-refractivity contribution in [2.24, 2.45) is 0 Å². The predicted octanol–water partition coefficient (Wildman–Crippen LogP) is 4.38. The van der Waals surface area contributed by atoms with Crippen LogP contribution in [-0.4, -0.2) is 48.0 Å². The second-order valence-electron chi connectivity index (χ2n) is 10.2. The monoisotopic (exact) mass is 619 g/mol. The van der Waals surface area contributed by atoms with Crippen molar-refractivity contribution in [2.75, 3.05) is 24.7 Å². The molecule has 5 rings (SSSR count). The van der Waals surface area contributed by atoms with Crippen LogP contribution in [0.15, 0.2) is 107 Å². The largest absolute Gasteiger partial charge is 0.480 e. The summed E-state index contributed by atoms with van der Waals surface area (Å²) in [5.74, 6) is -1.35. The van der Waals surface area contributed by atoms with Crippen molar-refractivity contribution in [2.45, 2.75) is 22.3 Å². The predicted molar refractivity (Wildman–Crippen MR) is 166 cm³/mol. The number of rotatable bonds is 10. The van der Waals surface area contributed by atoms with Crippen LogP contribution in [0.25, 0.3) is 21.5 Å². The summed E-state index contributed by atoms with van der Waals surface area (Å²) in [7, 11) is -4.71. The van der Waals surface area contributed by atoms with Gasteiger partial charge in [-0.1, -0.05) is 54.6 Å². The molecule has 0 heterocycles. The third-order valence-electron chi connectivity index (χ3n) is 6.93. The summed E-state index contributed by atoms with van der Waals surface area (Å²) in [5.41, 5.74) is 7.59. The Bertz CT molecular complexity index is 2060. The second-order valence-corrected chi connectivity index (χ2v) is 13.4. The van der Waals surface area contributed by atoms with Crippen LogP contribution in [0, 0.1) is 0 Å². The van der Waals surface area contributed by atoms with E-state index in [0.717, 1.165) is 11.1 Å². The van der Waals surface area contributed by atoms with Crippen molar-refractivity contribution < 1.29 is 30.9 Å².